The summed E-state index contributed by atoms with van der Waals surface area (Å²) in [6.07, 6.45) is 1.72. The van der Waals surface area contributed by atoms with E-state index in [1.54, 1.807) is 6.20 Å². The van der Waals surface area contributed by atoms with Gasteiger partial charge in [0.25, 0.3) is 0 Å². The number of hydrogen-bond donors (Lipinski definition) is 2. The lowest BCUT2D eigenvalue weighted by atomic mass is 10.1. The lowest BCUT2D eigenvalue weighted by molar-refractivity contribution is 0.942. The van der Waals surface area contributed by atoms with Crippen molar-refractivity contribution in [1.29, 1.82) is 0 Å². The third-order valence-corrected chi connectivity index (χ3v) is 3.31. The quantitative estimate of drug-likeness (QED) is 0.565. The van der Waals surface area contributed by atoms with Gasteiger partial charge in [-0.05, 0) is 37.1 Å². The van der Waals surface area contributed by atoms with Gasteiger partial charge in [0.05, 0.1) is 6.20 Å². The Labute approximate surface area is 127 Å². The van der Waals surface area contributed by atoms with Crippen LogP contribution in [0.3, 0.4) is 0 Å². The van der Waals surface area contributed by atoms with Gasteiger partial charge in [-0.15, -0.1) is 0 Å². The summed E-state index contributed by atoms with van der Waals surface area (Å²) in [7, 11) is 0. The van der Waals surface area contributed by atoms with Crippen molar-refractivity contribution in [3.05, 3.63) is 59.8 Å². The number of nitrogens with zero attached hydrogens (tertiary/aromatic N) is 4. The second kappa shape index (κ2) is 6.17. The van der Waals surface area contributed by atoms with E-state index in [9.17, 15) is 0 Å². The minimum Gasteiger partial charge on any atom is -0.197 e. The Morgan fingerprint density at radius 3 is 2.41 bits per heavy atom. The van der Waals surface area contributed by atoms with E-state index in [0.717, 1.165) is 22.3 Å². The predicted molar refractivity (Wildman–Crippen MR) is 85.2 cm³/mol. The molecule has 0 amide bonds. The number of H-pyrrole nitrogens is 2. The van der Waals surface area contributed by atoms with E-state index < -0.39 is 0 Å². The van der Waals surface area contributed by atoms with Gasteiger partial charge in [0.1, 0.15) is 16.7 Å². The monoisotopic (exact) mass is 292 g/mol. The van der Waals surface area contributed by atoms with E-state index >= 15 is 0 Å². The summed E-state index contributed by atoms with van der Waals surface area (Å²) < 4.78 is 0. The fourth-order valence-corrected chi connectivity index (χ4v) is 2.14. The molecule has 2 heterocycles. The molecular formula is C16H16N6. The predicted octanol–water partition coefficient (Wildman–Crippen LogP) is 3.05. The standard InChI is InChI=1S/C9H9N3.C7H7N3/c1-7-4-2-3-5-8(7)9-6-10-12-11-9;1-5-2-3-6-7(4-5)9-10-8-6/h2-6H,1H3,(H,10,11,12);2-4H,1H3,(H,8,9,10). The molecule has 2 N–H and O–H groups in total. The molecule has 0 atom stereocenters. The molecule has 0 saturated heterocycles. The van der Waals surface area contributed by atoms with Crippen LogP contribution in [0.4, 0.5) is 0 Å². The maximum absolute atomic E-state index is 4.01. The van der Waals surface area contributed by atoms with Crippen LogP contribution in [0.5, 0.6) is 0 Å². The highest BCUT2D eigenvalue weighted by Crippen LogP contribution is 2.18. The Bertz CT molecular complexity index is 863. The Morgan fingerprint density at radius 2 is 1.64 bits per heavy atom. The van der Waals surface area contributed by atoms with Gasteiger partial charge in [-0.3, -0.25) is 0 Å². The topological polar surface area (TPSA) is 83.1 Å². The van der Waals surface area contributed by atoms with Crippen molar-refractivity contribution in [2.45, 2.75) is 13.8 Å². The van der Waals surface area contributed by atoms with E-state index in [4.69, 9.17) is 0 Å². The summed E-state index contributed by atoms with van der Waals surface area (Å²) in [5.41, 5.74) is 6.30. The molecule has 4 rings (SSSR count). The first-order chi connectivity index (χ1) is 10.7. The summed E-state index contributed by atoms with van der Waals surface area (Å²) in [6, 6.07) is 14.1. The molecule has 22 heavy (non-hydrogen) atoms. The van der Waals surface area contributed by atoms with Gasteiger partial charge in [0, 0.05) is 5.56 Å². The van der Waals surface area contributed by atoms with Crippen LogP contribution in [0, 0.1) is 13.8 Å². The molecule has 6 heteroatoms. The number of aromatic amines is 2. The van der Waals surface area contributed by atoms with Crippen molar-refractivity contribution in [3.8, 4) is 11.3 Å². The molecular weight excluding hydrogens is 276 g/mol. The van der Waals surface area contributed by atoms with Gasteiger partial charge in [-0.25, -0.2) is 0 Å². The molecule has 0 unspecified atom stereocenters. The molecule has 0 saturated carbocycles. The Kier molecular flexibility index (Phi) is 3.91. The second-order valence-corrected chi connectivity index (χ2v) is 4.99. The number of benzene rings is 2. The molecule has 0 radical (unpaired) electrons. The summed E-state index contributed by atoms with van der Waals surface area (Å²) in [4.78, 5) is 0. The fraction of sp³-hybridized carbons (Fsp3) is 0.125. The van der Waals surface area contributed by atoms with Gasteiger partial charge in [-0.1, -0.05) is 30.3 Å². The fourth-order valence-electron chi connectivity index (χ4n) is 2.14. The van der Waals surface area contributed by atoms with Crippen molar-refractivity contribution in [3.63, 3.8) is 0 Å². The lowest BCUT2D eigenvalue weighted by Gasteiger charge is -1.98. The van der Waals surface area contributed by atoms with Crippen LogP contribution in [0.2, 0.25) is 0 Å². The van der Waals surface area contributed by atoms with Crippen molar-refractivity contribution >= 4 is 11.0 Å². The number of aromatic nitrogens is 6. The first kappa shape index (κ1) is 13.9. The molecule has 0 aliphatic carbocycles. The SMILES string of the molecule is Cc1ccc2n[nH]nc2c1.Cc1ccccc1-c1cn[nH]n1. The van der Waals surface area contributed by atoms with E-state index in [-0.39, 0.29) is 0 Å². The molecule has 110 valence electrons. The summed E-state index contributed by atoms with van der Waals surface area (Å²) in [5.74, 6) is 0. The van der Waals surface area contributed by atoms with Crippen LogP contribution in [0.15, 0.2) is 48.7 Å². The summed E-state index contributed by atoms with van der Waals surface area (Å²) in [6.45, 7) is 4.10. The third kappa shape index (κ3) is 3.01. The maximum Gasteiger partial charge on any atom is 0.113 e. The Balaban J connectivity index is 0.000000133. The molecule has 6 nitrogen and oxygen atoms in total. The van der Waals surface area contributed by atoms with Gasteiger partial charge in [0.15, 0.2) is 0 Å². The van der Waals surface area contributed by atoms with Gasteiger partial charge >= 0.3 is 0 Å². The second-order valence-electron chi connectivity index (χ2n) is 4.99. The van der Waals surface area contributed by atoms with E-state index in [2.05, 4.69) is 43.8 Å². The lowest BCUT2D eigenvalue weighted by Crippen LogP contribution is -1.81. The molecule has 4 aromatic rings. The van der Waals surface area contributed by atoms with Crippen molar-refractivity contribution in [2.75, 3.05) is 0 Å². The van der Waals surface area contributed by atoms with Crippen LogP contribution in [-0.2, 0) is 0 Å². The smallest absolute Gasteiger partial charge is 0.113 e. The number of nitrogens with one attached hydrogen (secondary N) is 2. The van der Waals surface area contributed by atoms with Crippen LogP contribution >= 0.6 is 0 Å². The van der Waals surface area contributed by atoms with Crippen molar-refractivity contribution in [1.82, 2.24) is 30.8 Å². The first-order valence-corrected chi connectivity index (χ1v) is 6.93. The Hall–Kier alpha value is -3.02. The van der Waals surface area contributed by atoms with Gasteiger partial charge in [0.2, 0.25) is 0 Å². The van der Waals surface area contributed by atoms with Crippen molar-refractivity contribution in [2.24, 2.45) is 0 Å². The molecule has 0 aliphatic rings. The zero-order valence-electron chi connectivity index (χ0n) is 12.4. The van der Waals surface area contributed by atoms with E-state index in [1.165, 1.54) is 11.1 Å². The summed E-state index contributed by atoms with van der Waals surface area (Å²) >= 11 is 0. The van der Waals surface area contributed by atoms with Gasteiger partial charge < -0.3 is 0 Å². The number of aryl methyl sites for hydroxylation is 2. The van der Waals surface area contributed by atoms with Crippen LogP contribution in [0.25, 0.3) is 22.3 Å². The minimum absolute atomic E-state index is 0.896. The third-order valence-electron chi connectivity index (χ3n) is 3.31. The van der Waals surface area contributed by atoms with E-state index in [1.807, 2.05) is 43.3 Å². The number of fused-ring (bicyclic) bond motifs is 1. The molecule has 2 aromatic heterocycles. The minimum atomic E-state index is 0.896. The van der Waals surface area contributed by atoms with Crippen LogP contribution < -0.4 is 0 Å². The number of rotatable bonds is 1. The van der Waals surface area contributed by atoms with Crippen molar-refractivity contribution < 1.29 is 0 Å². The highest BCUT2D eigenvalue weighted by atomic mass is 15.3. The first-order valence-electron chi connectivity index (χ1n) is 6.93. The van der Waals surface area contributed by atoms with Gasteiger partial charge in [-0.2, -0.15) is 30.8 Å². The summed E-state index contributed by atoms with van der Waals surface area (Å²) in [5, 5.41) is 20.8. The maximum atomic E-state index is 4.01. The average Bonchev–Trinajstić information content (AvgIpc) is 3.19. The van der Waals surface area contributed by atoms with Crippen LogP contribution in [0.1, 0.15) is 11.1 Å². The van der Waals surface area contributed by atoms with Crippen LogP contribution in [-0.4, -0.2) is 30.8 Å². The zero-order chi connectivity index (χ0) is 15.4. The highest BCUT2D eigenvalue weighted by Gasteiger charge is 2.01. The largest absolute Gasteiger partial charge is 0.197 e. The average molecular weight is 292 g/mol. The molecule has 0 spiro atoms. The van der Waals surface area contributed by atoms with E-state index in [0.29, 0.717) is 0 Å². The highest BCUT2D eigenvalue weighted by molar-refractivity contribution is 5.73. The molecule has 0 bridgehead atoms. The molecule has 0 fully saturated rings. The molecule has 2 aromatic carbocycles. The zero-order valence-corrected chi connectivity index (χ0v) is 12.4. The Morgan fingerprint density at radius 1 is 0.818 bits per heavy atom. The number of hydrogen-bond acceptors (Lipinski definition) is 4. The normalized spacial score (nSPS) is 10.3. The molecule has 0 aliphatic heterocycles.